The molecule has 0 radical (unpaired) electrons. The van der Waals surface area contributed by atoms with Gasteiger partial charge in [-0.05, 0) is 30.7 Å². The van der Waals surface area contributed by atoms with E-state index in [1.807, 2.05) is 0 Å². The van der Waals surface area contributed by atoms with Crippen molar-refractivity contribution in [3.63, 3.8) is 0 Å². The average molecular weight is 363 g/mol. The number of para-hydroxylation sites is 1. The number of anilines is 1. The second kappa shape index (κ2) is 6.30. The fraction of sp³-hybridized carbons (Fsp3) is 0.118. The summed E-state index contributed by atoms with van der Waals surface area (Å²) < 4.78 is 33.5. The van der Waals surface area contributed by atoms with Crippen molar-refractivity contribution in [2.45, 2.75) is 18.7 Å². The Morgan fingerprint density at radius 3 is 2.54 bits per heavy atom. The first-order chi connectivity index (χ1) is 11.4. The van der Waals surface area contributed by atoms with Crippen LogP contribution in [0.1, 0.15) is 11.5 Å². The molecular weight excluding hydrogens is 348 g/mol. The van der Waals surface area contributed by atoms with Gasteiger partial charge in [-0.15, -0.1) is 0 Å². The van der Waals surface area contributed by atoms with E-state index in [2.05, 4.69) is 9.71 Å². The number of nitrogens with zero attached hydrogens (tertiary/aromatic N) is 1. The van der Waals surface area contributed by atoms with E-state index in [1.54, 1.807) is 62.5 Å². The van der Waals surface area contributed by atoms with Crippen molar-refractivity contribution in [3.05, 3.63) is 65.1 Å². The van der Waals surface area contributed by atoms with Crippen molar-refractivity contribution < 1.29 is 12.8 Å². The minimum absolute atomic E-state index is 0.161. The molecule has 0 atom stereocenters. The summed E-state index contributed by atoms with van der Waals surface area (Å²) in [6, 6.07) is 11.8. The minimum atomic E-state index is -3.79. The van der Waals surface area contributed by atoms with Gasteiger partial charge in [0.1, 0.15) is 0 Å². The smallest absolute Gasteiger partial charge is 0.262 e. The average Bonchev–Trinajstić information content (AvgIpc) is 2.96. The zero-order valence-electron chi connectivity index (χ0n) is 13.1. The van der Waals surface area contributed by atoms with E-state index in [-0.39, 0.29) is 4.90 Å². The number of oxazole rings is 1. The Balaban J connectivity index is 2.03. The van der Waals surface area contributed by atoms with Gasteiger partial charge in [-0.3, -0.25) is 4.72 Å². The summed E-state index contributed by atoms with van der Waals surface area (Å²) in [5, 5.41) is 0.334. The van der Waals surface area contributed by atoms with Crippen molar-refractivity contribution in [2.24, 2.45) is 0 Å². The second-order valence-corrected chi connectivity index (χ2v) is 7.37. The quantitative estimate of drug-likeness (QED) is 0.746. The normalized spacial score (nSPS) is 11.5. The van der Waals surface area contributed by atoms with Gasteiger partial charge in [-0.1, -0.05) is 35.9 Å². The Morgan fingerprint density at radius 2 is 1.88 bits per heavy atom. The maximum absolute atomic E-state index is 12.7. The molecule has 7 heteroatoms. The van der Waals surface area contributed by atoms with E-state index in [9.17, 15) is 8.42 Å². The molecule has 24 heavy (non-hydrogen) atoms. The summed E-state index contributed by atoms with van der Waals surface area (Å²) in [7, 11) is -3.79. The molecule has 0 amide bonds. The van der Waals surface area contributed by atoms with Crippen LogP contribution in [0.5, 0.6) is 0 Å². The Labute approximate surface area is 145 Å². The topological polar surface area (TPSA) is 72.2 Å². The van der Waals surface area contributed by atoms with Crippen LogP contribution < -0.4 is 4.72 Å². The summed E-state index contributed by atoms with van der Waals surface area (Å²) in [6.45, 7) is 3.46. The van der Waals surface area contributed by atoms with Crippen LogP contribution in [0.4, 0.5) is 5.69 Å². The van der Waals surface area contributed by atoms with Gasteiger partial charge in [0.2, 0.25) is 0 Å². The zero-order valence-corrected chi connectivity index (χ0v) is 14.6. The van der Waals surface area contributed by atoms with Crippen molar-refractivity contribution in [1.82, 2.24) is 4.98 Å². The molecule has 0 bridgehead atoms. The molecule has 2 aromatic carbocycles. The third-order valence-electron chi connectivity index (χ3n) is 3.50. The molecule has 5 nitrogen and oxygen atoms in total. The number of halogens is 1. The molecule has 0 saturated carbocycles. The molecule has 0 unspecified atom stereocenters. The molecule has 124 valence electrons. The third kappa shape index (κ3) is 3.29. The molecule has 0 fully saturated rings. The van der Waals surface area contributed by atoms with Crippen molar-refractivity contribution in [2.75, 3.05) is 4.72 Å². The maximum Gasteiger partial charge on any atom is 0.262 e. The van der Waals surface area contributed by atoms with Gasteiger partial charge >= 0.3 is 0 Å². The number of aryl methyl sites for hydroxylation is 2. The summed E-state index contributed by atoms with van der Waals surface area (Å²) in [5.74, 6) is 1.03. The summed E-state index contributed by atoms with van der Waals surface area (Å²) in [6.07, 6.45) is 1.57. The molecular formula is C17H15ClN2O3S. The highest BCUT2D eigenvalue weighted by atomic mass is 35.5. The number of benzene rings is 2. The highest BCUT2D eigenvalue weighted by Gasteiger charge is 2.19. The second-order valence-electron chi connectivity index (χ2n) is 5.31. The molecule has 3 aromatic rings. The summed E-state index contributed by atoms with van der Waals surface area (Å²) >= 11 is 6.04. The molecule has 0 aliphatic carbocycles. The first-order valence-corrected chi connectivity index (χ1v) is 9.04. The lowest BCUT2D eigenvalue weighted by Crippen LogP contribution is -2.14. The molecule has 3 rings (SSSR count). The zero-order chi connectivity index (χ0) is 17.3. The van der Waals surface area contributed by atoms with E-state index in [4.69, 9.17) is 16.0 Å². The largest absolute Gasteiger partial charge is 0.441 e. The van der Waals surface area contributed by atoms with E-state index >= 15 is 0 Å². The highest BCUT2D eigenvalue weighted by Crippen LogP contribution is 2.29. The van der Waals surface area contributed by atoms with Gasteiger partial charge in [-0.25, -0.2) is 13.4 Å². The summed E-state index contributed by atoms with van der Waals surface area (Å²) in [4.78, 5) is 4.20. The van der Waals surface area contributed by atoms with Crippen LogP contribution in [0.15, 0.2) is 58.0 Å². The number of rotatable bonds is 4. The number of nitrogens with one attached hydrogen (secondary N) is 1. The van der Waals surface area contributed by atoms with Crippen molar-refractivity contribution in [3.8, 4) is 11.3 Å². The predicted octanol–water partition coefficient (Wildman–Crippen LogP) is 4.41. The van der Waals surface area contributed by atoms with Gasteiger partial charge in [0.25, 0.3) is 10.0 Å². The third-order valence-corrected chi connectivity index (χ3v) is 5.34. The van der Waals surface area contributed by atoms with Crippen LogP contribution in [0.3, 0.4) is 0 Å². The molecule has 0 aliphatic rings. The predicted molar refractivity (Wildman–Crippen MR) is 93.7 cm³/mol. The fourth-order valence-corrected chi connectivity index (χ4v) is 3.87. The minimum Gasteiger partial charge on any atom is -0.441 e. The lowest BCUT2D eigenvalue weighted by atomic mass is 10.1. The Bertz CT molecular complexity index is 997. The Hall–Kier alpha value is -2.31. The SMILES string of the molecule is Cc1ncc(-c2ccc(C)c(S(=O)(=O)Nc3ccccc3Cl)c2)o1. The number of hydrogen-bond donors (Lipinski definition) is 1. The lowest BCUT2D eigenvalue weighted by molar-refractivity contribution is 0.534. The van der Waals surface area contributed by atoms with Gasteiger partial charge < -0.3 is 4.42 Å². The van der Waals surface area contributed by atoms with E-state index in [1.165, 1.54) is 0 Å². The monoisotopic (exact) mass is 362 g/mol. The first kappa shape index (κ1) is 16.5. The number of sulfonamides is 1. The van der Waals surface area contributed by atoms with Crippen LogP contribution in [0.25, 0.3) is 11.3 Å². The number of aromatic nitrogens is 1. The van der Waals surface area contributed by atoms with Crippen LogP contribution in [-0.2, 0) is 10.0 Å². The van der Waals surface area contributed by atoms with Crippen LogP contribution in [0.2, 0.25) is 5.02 Å². The van der Waals surface area contributed by atoms with E-state index < -0.39 is 10.0 Å². The van der Waals surface area contributed by atoms with Crippen LogP contribution in [0, 0.1) is 13.8 Å². The van der Waals surface area contributed by atoms with Gasteiger partial charge in [0.05, 0.1) is 21.8 Å². The molecule has 0 aliphatic heterocycles. The van der Waals surface area contributed by atoms with Gasteiger partial charge in [0, 0.05) is 12.5 Å². The fourth-order valence-electron chi connectivity index (χ4n) is 2.28. The molecule has 1 heterocycles. The van der Waals surface area contributed by atoms with E-state index in [0.717, 1.165) is 0 Å². The highest BCUT2D eigenvalue weighted by molar-refractivity contribution is 7.92. The Kier molecular flexibility index (Phi) is 4.34. The number of hydrogen-bond acceptors (Lipinski definition) is 4. The molecule has 0 spiro atoms. The Morgan fingerprint density at radius 1 is 1.12 bits per heavy atom. The van der Waals surface area contributed by atoms with Crippen molar-refractivity contribution in [1.29, 1.82) is 0 Å². The van der Waals surface area contributed by atoms with Crippen LogP contribution >= 0.6 is 11.6 Å². The molecule has 1 aromatic heterocycles. The standard InChI is InChI=1S/C17H15ClN2O3S/c1-11-7-8-13(16-10-19-12(2)23-16)9-17(11)24(21,22)20-15-6-4-3-5-14(15)18/h3-10,20H,1-2H3. The molecule has 1 N–H and O–H groups in total. The van der Waals surface area contributed by atoms with E-state index in [0.29, 0.717) is 33.5 Å². The molecule has 0 saturated heterocycles. The maximum atomic E-state index is 12.7. The van der Waals surface area contributed by atoms with Gasteiger partial charge in [-0.2, -0.15) is 0 Å². The van der Waals surface area contributed by atoms with Gasteiger partial charge in [0.15, 0.2) is 11.7 Å². The lowest BCUT2D eigenvalue weighted by Gasteiger charge is -2.12. The first-order valence-electron chi connectivity index (χ1n) is 7.17. The van der Waals surface area contributed by atoms with Crippen LogP contribution in [-0.4, -0.2) is 13.4 Å². The summed E-state index contributed by atoms with van der Waals surface area (Å²) in [5.41, 5.74) is 1.59. The van der Waals surface area contributed by atoms with Crippen molar-refractivity contribution >= 4 is 27.3 Å².